The molecular weight excluding hydrogens is 461 g/mol. The third-order valence-electron chi connectivity index (χ3n) is 6.66. The van der Waals surface area contributed by atoms with Crippen LogP contribution in [0.1, 0.15) is 38.4 Å². The first kappa shape index (κ1) is 23.4. The Hall–Kier alpha value is -3.34. The van der Waals surface area contributed by atoms with Crippen LogP contribution < -0.4 is 10.1 Å². The Balaban J connectivity index is 1.51. The molecule has 1 saturated carbocycles. The van der Waals surface area contributed by atoms with Crippen molar-refractivity contribution in [2.45, 2.75) is 63.9 Å². The van der Waals surface area contributed by atoms with Crippen LogP contribution in [0.25, 0.3) is 27.7 Å². The first-order valence-electron chi connectivity index (χ1n) is 11.5. The fraction of sp³-hybridized carbons (Fsp3) is 0.458. The Morgan fingerprint density at radius 3 is 2.63 bits per heavy atom. The number of alkyl halides is 3. The van der Waals surface area contributed by atoms with Crippen LogP contribution in [-0.2, 0) is 6.54 Å². The maximum absolute atomic E-state index is 13.1. The number of hydrogen-bond donors (Lipinski definition) is 2. The molecule has 11 heteroatoms. The van der Waals surface area contributed by atoms with Gasteiger partial charge in [-0.05, 0) is 63.3 Å². The number of halogens is 3. The van der Waals surface area contributed by atoms with Gasteiger partial charge in [-0.3, -0.25) is 0 Å². The Morgan fingerprint density at radius 2 is 1.94 bits per heavy atom. The fourth-order valence-corrected chi connectivity index (χ4v) is 4.78. The second kappa shape index (κ2) is 8.40. The average Bonchev–Trinajstić information content (AvgIpc) is 3.34. The number of imidazole rings is 1. The van der Waals surface area contributed by atoms with Gasteiger partial charge in [-0.1, -0.05) is 6.07 Å². The number of nitrogens with zero attached hydrogens (tertiary/aromatic N) is 5. The van der Waals surface area contributed by atoms with Gasteiger partial charge in [0, 0.05) is 17.8 Å². The van der Waals surface area contributed by atoms with Gasteiger partial charge in [-0.25, -0.2) is 9.50 Å². The minimum Gasteiger partial charge on any atom is -0.479 e. The van der Waals surface area contributed by atoms with Gasteiger partial charge >= 0.3 is 6.18 Å². The number of aromatic nitrogens is 5. The highest BCUT2D eigenvalue weighted by Crippen LogP contribution is 2.35. The number of ether oxygens (including phenoxy) is 1. The van der Waals surface area contributed by atoms with Gasteiger partial charge in [0.25, 0.3) is 0 Å². The van der Waals surface area contributed by atoms with Crippen LogP contribution in [-0.4, -0.2) is 54.2 Å². The van der Waals surface area contributed by atoms with Crippen molar-refractivity contribution in [3.63, 3.8) is 0 Å². The number of rotatable bonds is 5. The maximum Gasteiger partial charge on any atom is 0.406 e. The molecule has 2 N–H and O–H groups in total. The normalized spacial score (nSPS) is 21.1. The van der Waals surface area contributed by atoms with Crippen LogP contribution in [0.2, 0.25) is 0 Å². The standard InChI is InChI=1S/C24H27F3N6O2/c1-14-28-18-5-4-15(12-19(18)32(14)13-24(25,26)27)17-8-11-33-20(17)21(35-3)30-22(31-33)29-16-6-9-23(2,34)10-7-16/h4-5,8,11-12,16,34H,6-7,9-10,13H2,1-3H3,(H,29,31). The minimum atomic E-state index is -4.36. The number of aliphatic hydroxyl groups is 1. The Labute approximate surface area is 199 Å². The van der Waals surface area contributed by atoms with Gasteiger partial charge in [0.15, 0.2) is 0 Å². The summed E-state index contributed by atoms with van der Waals surface area (Å²) in [4.78, 5) is 8.82. The molecular formula is C24H27F3N6O2. The molecule has 0 bridgehead atoms. The Morgan fingerprint density at radius 1 is 1.20 bits per heavy atom. The zero-order chi connectivity index (χ0) is 25.0. The van der Waals surface area contributed by atoms with E-state index in [4.69, 9.17) is 4.74 Å². The number of hydrogen-bond acceptors (Lipinski definition) is 6. The van der Waals surface area contributed by atoms with Gasteiger partial charge < -0.3 is 19.7 Å². The molecule has 0 amide bonds. The van der Waals surface area contributed by atoms with Crippen molar-refractivity contribution < 1.29 is 23.0 Å². The van der Waals surface area contributed by atoms with Gasteiger partial charge in [-0.15, -0.1) is 5.10 Å². The lowest BCUT2D eigenvalue weighted by molar-refractivity contribution is -0.140. The molecule has 0 spiro atoms. The van der Waals surface area contributed by atoms with E-state index in [0.29, 0.717) is 52.6 Å². The highest BCUT2D eigenvalue weighted by molar-refractivity contribution is 5.89. The molecule has 1 aliphatic carbocycles. The van der Waals surface area contributed by atoms with Crippen LogP contribution in [0.15, 0.2) is 30.5 Å². The highest BCUT2D eigenvalue weighted by atomic mass is 19.4. The highest BCUT2D eigenvalue weighted by Gasteiger charge is 2.30. The van der Waals surface area contributed by atoms with Crippen LogP contribution in [0, 0.1) is 6.92 Å². The van der Waals surface area contributed by atoms with Gasteiger partial charge in [-0.2, -0.15) is 18.2 Å². The SMILES string of the molecule is COc1nc(NC2CCC(C)(O)CC2)nn2ccc(-c3ccc4nc(C)n(CC(F)(F)F)c4c3)c12. The monoisotopic (exact) mass is 488 g/mol. The molecule has 1 fully saturated rings. The molecule has 0 radical (unpaired) electrons. The summed E-state index contributed by atoms with van der Waals surface area (Å²) in [5.41, 5.74) is 2.33. The lowest BCUT2D eigenvalue weighted by Crippen LogP contribution is -2.36. The smallest absolute Gasteiger partial charge is 0.406 e. The molecule has 3 aromatic heterocycles. The first-order valence-corrected chi connectivity index (χ1v) is 11.5. The predicted molar refractivity (Wildman–Crippen MR) is 126 cm³/mol. The molecule has 0 saturated heterocycles. The molecule has 1 aromatic carbocycles. The molecule has 0 aliphatic heterocycles. The van der Waals surface area contributed by atoms with Crippen LogP contribution in [0.5, 0.6) is 5.88 Å². The summed E-state index contributed by atoms with van der Waals surface area (Å²) >= 11 is 0. The number of methoxy groups -OCH3 is 1. The van der Waals surface area contributed by atoms with Gasteiger partial charge in [0.05, 0.1) is 23.7 Å². The van der Waals surface area contributed by atoms with Crippen molar-refractivity contribution in [1.82, 2.24) is 24.1 Å². The summed E-state index contributed by atoms with van der Waals surface area (Å²) in [6.45, 7) is 2.32. The van der Waals surface area contributed by atoms with Crippen LogP contribution in [0.4, 0.5) is 19.1 Å². The molecule has 0 atom stereocenters. The van der Waals surface area contributed by atoms with E-state index in [2.05, 4.69) is 20.4 Å². The second-order valence-corrected chi connectivity index (χ2v) is 9.45. The van der Waals surface area contributed by atoms with E-state index in [0.717, 1.165) is 18.4 Å². The predicted octanol–water partition coefficient (Wildman–Crippen LogP) is 4.73. The fourth-order valence-electron chi connectivity index (χ4n) is 4.78. The number of aryl methyl sites for hydroxylation is 1. The minimum absolute atomic E-state index is 0.145. The van der Waals surface area contributed by atoms with Crippen LogP contribution in [0.3, 0.4) is 0 Å². The van der Waals surface area contributed by atoms with Crippen molar-refractivity contribution in [2.75, 3.05) is 12.4 Å². The Kier molecular flexibility index (Phi) is 5.62. The summed E-state index contributed by atoms with van der Waals surface area (Å²) in [6, 6.07) is 7.23. The average molecular weight is 489 g/mol. The van der Waals surface area contributed by atoms with Crippen molar-refractivity contribution in [3.05, 3.63) is 36.3 Å². The summed E-state index contributed by atoms with van der Waals surface area (Å²) in [5.74, 6) is 1.07. The Bertz CT molecular complexity index is 1380. The summed E-state index contributed by atoms with van der Waals surface area (Å²) in [5, 5.41) is 18.1. The van der Waals surface area contributed by atoms with E-state index in [1.54, 1.807) is 29.8 Å². The van der Waals surface area contributed by atoms with E-state index in [1.807, 2.05) is 19.1 Å². The molecule has 1 aliphatic rings. The van der Waals surface area contributed by atoms with E-state index in [9.17, 15) is 18.3 Å². The quantitative estimate of drug-likeness (QED) is 0.422. The molecule has 186 valence electrons. The van der Waals surface area contributed by atoms with Crippen molar-refractivity contribution in [3.8, 4) is 17.0 Å². The van der Waals surface area contributed by atoms with Gasteiger partial charge in [0.1, 0.15) is 17.9 Å². The van der Waals surface area contributed by atoms with E-state index in [1.165, 1.54) is 11.7 Å². The third-order valence-corrected chi connectivity index (χ3v) is 6.66. The zero-order valence-electron chi connectivity index (χ0n) is 19.7. The molecule has 35 heavy (non-hydrogen) atoms. The number of anilines is 1. The van der Waals surface area contributed by atoms with E-state index in [-0.39, 0.29) is 6.04 Å². The zero-order valence-corrected chi connectivity index (χ0v) is 19.7. The molecule has 8 nitrogen and oxygen atoms in total. The lowest BCUT2D eigenvalue weighted by atomic mass is 9.84. The number of benzene rings is 1. The van der Waals surface area contributed by atoms with E-state index < -0.39 is 18.3 Å². The first-order chi connectivity index (χ1) is 16.5. The molecule has 3 heterocycles. The van der Waals surface area contributed by atoms with E-state index >= 15 is 0 Å². The lowest BCUT2D eigenvalue weighted by Gasteiger charge is -2.33. The molecule has 0 unspecified atom stereocenters. The molecule has 5 rings (SSSR count). The van der Waals surface area contributed by atoms with Crippen LogP contribution >= 0.6 is 0 Å². The third kappa shape index (κ3) is 4.64. The summed E-state index contributed by atoms with van der Waals surface area (Å²) in [7, 11) is 1.52. The van der Waals surface area contributed by atoms with Crippen molar-refractivity contribution in [1.29, 1.82) is 0 Å². The number of nitrogens with one attached hydrogen (secondary N) is 1. The van der Waals surface area contributed by atoms with Crippen molar-refractivity contribution >= 4 is 22.5 Å². The van der Waals surface area contributed by atoms with Crippen molar-refractivity contribution in [2.24, 2.45) is 0 Å². The largest absolute Gasteiger partial charge is 0.479 e. The number of fused-ring (bicyclic) bond motifs is 2. The molecule has 4 aromatic rings. The summed E-state index contributed by atoms with van der Waals surface area (Å²) in [6.07, 6.45) is 0.423. The topological polar surface area (TPSA) is 89.5 Å². The second-order valence-electron chi connectivity index (χ2n) is 9.45. The maximum atomic E-state index is 13.1. The van der Waals surface area contributed by atoms with Gasteiger partial charge in [0.2, 0.25) is 11.8 Å². The summed E-state index contributed by atoms with van der Waals surface area (Å²) < 4.78 is 47.9.